The Morgan fingerprint density at radius 3 is 1.79 bits per heavy atom. The summed E-state index contributed by atoms with van der Waals surface area (Å²) in [6.45, 7) is 12.1. The van der Waals surface area contributed by atoms with Gasteiger partial charge < -0.3 is 15.1 Å². The van der Waals surface area contributed by atoms with Crippen molar-refractivity contribution in [1.29, 1.82) is 0 Å². The third kappa shape index (κ3) is 8.19. The van der Waals surface area contributed by atoms with Gasteiger partial charge in [-0.05, 0) is 81.3 Å². The van der Waals surface area contributed by atoms with E-state index < -0.39 is 11.8 Å². The minimum Gasteiger partial charge on any atom is -0.372 e. The molecule has 3 aromatic carbocycles. The lowest BCUT2D eigenvalue weighted by molar-refractivity contribution is -0.117. The van der Waals surface area contributed by atoms with Gasteiger partial charge in [0.05, 0.1) is 16.8 Å². The number of halogens is 1. The number of rotatable bonds is 12. The maximum Gasteiger partial charge on any atom is 0.287 e. The van der Waals surface area contributed by atoms with E-state index in [1.165, 1.54) is 0 Å². The first-order valence-electron chi connectivity index (χ1n) is 13.2. The topological polar surface area (TPSA) is 77.0 Å². The third-order valence-electron chi connectivity index (χ3n) is 6.35. The lowest BCUT2D eigenvalue weighted by Gasteiger charge is -2.21. The molecule has 204 valence electrons. The fourth-order valence-corrected chi connectivity index (χ4v) is 4.34. The highest BCUT2D eigenvalue weighted by Gasteiger charge is 2.16. The van der Waals surface area contributed by atoms with E-state index in [-0.39, 0.29) is 11.3 Å². The van der Waals surface area contributed by atoms with Gasteiger partial charge in [0, 0.05) is 37.6 Å². The molecule has 2 amide bonds. The van der Waals surface area contributed by atoms with E-state index in [1.807, 2.05) is 48.5 Å². The van der Waals surface area contributed by atoms with Crippen molar-refractivity contribution in [2.75, 3.05) is 36.0 Å². The number of anilines is 2. The number of hydrogen-bond donors (Lipinski definition) is 2. The molecule has 0 spiro atoms. The number of amides is 2. The van der Waals surface area contributed by atoms with Gasteiger partial charge in [-0.3, -0.25) is 9.59 Å². The summed E-state index contributed by atoms with van der Waals surface area (Å²) in [4.78, 5) is 30.6. The second kappa shape index (κ2) is 14.7. The quantitative estimate of drug-likeness (QED) is 0.167. The molecule has 0 unspecified atom stereocenters. The van der Waals surface area contributed by atoms with E-state index in [2.05, 4.69) is 53.3 Å². The largest absolute Gasteiger partial charge is 0.372 e. The lowest BCUT2D eigenvalue weighted by atomic mass is 10.1. The smallest absolute Gasteiger partial charge is 0.287 e. The van der Waals surface area contributed by atoms with Crippen LogP contribution in [0.1, 0.15) is 49.2 Å². The first-order chi connectivity index (χ1) is 18.9. The molecule has 7 nitrogen and oxygen atoms in total. The van der Waals surface area contributed by atoms with Gasteiger partial charge >= 0.3 is 0 Å². The summed E-state index contributed by atoms with van der Waals surface area (Å²) in [5.41, 5.74) is 6.64. The van der Waals surface area contributed by atoms with E-state index in [0.29, 0.717) is 5.02 Å². The van der Waals surface area contributed by atoms with E-state index in [0.717, 1.165) is 48.7 Å². The zero-order chi connectivity index (χ0) is 28.2. The molecule has 0 aliphatic heterocycles. The van der Waals surface area contributed by atoms with Crippen LogP contribution in [0.3, 0.4) is 0 Å². The molecule has 3 rings (SSSR count). The molecular formula is C31H36ClN5O2. The Morgan fingerprint density at radius 1 is 0.769 bits per heavy atom. The second-order valence-electron chi connectivity index (χ2n) is 8.72. The summed E-state index contributed by atoms with van der Waals surface area (Å²) in [5, 5.41) is 7.11. The molecule has 2 N–H and O–H groups in total. The van der Waals surface area contributed by atoms with E-state index in [9.17, 15) is 9.59 Å². The third-order valence-corrected chi connectivity index (χ3v) is 6.67. The van der Waals surface area contributed by atoms with Gasteiger partial charge in [0.2, 0.25) is 0 Å². The van der Waals surface area contributed by atoms with Crippen LogP contribution < -0.4 is 20.5 Å². The summed E-state index contributed by atoms with van der Waals surface area (Å²) in [6, 6.07) is 22.4. The summed E-state index contributed by atoms with van der Waals surface area (Å²) in [6.07, 6.45) is 3.18. The average Bonchev–Trinajstić information content (AvgIpc) is 2.95. The molecular weight excluding hydrogens is 510 g/mol. The van der Waals surface area contributed by atoms with Crippen LogP contribution in [0.25, 0.3) is 6.08 Å². The predicted octanol–water partition coefficient (Wildman–Crippen LogP) is 5.95. The molecule has 0 aliphatic rings. The molecule has 0 bridgehead atoms. The molecule has 0 heterocycles. The maximum absolute atomic E-state index is 13.1. The normalized spacial score (nSPS) is 11.4. The van der Waals surface area contributed by atoms with Gasteiger partial charge in [-0.25, -0.2) is 5.43 Å². The fraction of sp³-hybridized carbons (Fsp3) is 0.258. The molecule has 0 saturated carbocycles. The van der Waals surface area contributed by atoms with Crippen molar-refractivity contribution in [3.05, 3.63) is 100 Å². The highest BCUT2D eigenvalue weighted by molar-refractivity contribution is 6.34. The van der Waals surface area contributed by atoms with Crippen molar-refractivity contribution < 1.29 is 9.59 Å². The predicted molar refractivity (Wildman–Crippen MR) is 163 cm³/mol. The Bertz CT molecular complexity index is 1300. The Kier molecular flexibility index (Phi) is 11.1. The van der Waals surface area contributed by atoms with Crippen LogP contribution in [-0.4, -0.2) is 44.2 Å². The summed E-state index contributed by atoms with van der Waals surface area (Å²) < 4.78 is 0. The zero-order valence-corrected chi connectivity index (χ0v) is 23.7. The number of hydrogen-bond acceptors (Lipinski definition) is 5. The molecule has 3 aromatic rings. The Balaban J connectivity index is 1.81. The highest BCUT2D eigenvalue weighted by atomic mass is 35.5. The van der Waals surface area contributed by atoms with Crippen LogP contribution in [0.4, 0.5) is 11.4 Å². The highest BCUT2D eigenvalue weighted by Crippen LogP contribution is 2.18. The lowest BCUT2D eigenvalue weighted by Crippen LogP contribution is -2.33. The molecule has 0 radical (unpaired) electrons. The first kappa shape index (κ1) is 29.5. The van der Waals surface area contributed by atoms with Crippen molar-refractivity contribution in [2.45, 2.75) is 27.7 Å². The van der Waals surface area contributed by atoms with E-state index in [1.54, 1.807) is 36.6 Å². The number of carbonyl (C=O) groups excluding carboxylic acids is 2. The van der Waals surface area contributed by atoms with Crippen molar-refractivity contribution >= 4 is 47.1 Å². The molecule has 0 fully saturated rings. The van der Waals surface area contributed by atoms with Crippen LogP contribution in [0.15, 0.2) is 83.6 Å². The zero-order valence-electron chi connectivity index (χ0n) is 22.9. The second-order valence-corrected chi connectivity index (χ2v) is 9.13. The maximum atomic E-state index is 13.1. The molecule has 0 aromatic heterocycles. The van der Waals surface area contributed by atoms with Gasteiger partial charge in [-0.15, -0.1) is 0 Å². The average molecular weight is 546 g/mol. The van der Waals surface area contributed by atoms with Gasteiger partial charge in [0.1, 0.15) is 5.70 Å². The monoisotopic (exact) mass is 545 g/mol. The van der Waals surface area contributed by atoms with Gasteiger partial charge in [-0.2, -0.15) is 5.10 Å². The number of nitrogens with zero attached hydrogens (tertiary/aromatic N) is 3. The standard InChI is InChI=1S/C31H36ClN5O2/c1-5-36(6-2)25-17-13-23(14-18-25)21-29(34-30(38)27-11-9-10-12-28(27)32)31(39)35-33-22-24-15-19-26(20-16-24)37(7-3)8-4/h9-22H,5-8H2,1-4H3,(H,34,38)(H,35,39)/b29-21-,33-22-. The van der Waals surface area contributed by atoms with Crippen LogP contribution in [-0.2, 0) is 4.79 Å². The molecule has 39 heavy (non-hydrogen) atoms. The number of benzene rings is 3. The van der Waals surface area contributed by atoms with Crippen LogP contribution in [0, 0.1) is 0 Å². The Morgan fingerprint density at radius 2 is 1.28 bits per heavy atom. The van der Waals surface area contributed by atoms with Gasteiger partial charge in [0.15, 0.2) is 0 Å². The minimum absolute atomic E-state index is 0.0459. The van der Waals surface area contributed by atoms with Crippen molar-refractivity contribution in [2.24, 2.45) is 5.10 Å². The van der Waals surface area contributed by atoms with E-state index in [4.69, 9.17) is 11.6 Å². The van der Waals surface area contributed by atoms with Crippen molar-refractivity contribution in [1.82, 2.24) is 10.7 Å². The van der Waals surface area contributed by atoms with Crippen molar-refractivity contribution in [3.8, 4) is 0 Å². The summed E-state index contributed by atoms with van der Waals surface area (Å²) in [7, 11) is 0. The number of carbonyl (C=O) groups is 2. The number of hydrazone groups is 1. The van der Waals surface area contributed by atoms with Crippen LogP contribution in [0.2, 0.25) is 5.02 Å². The first-order valence-corrected chi connectivity index (χ1v) is 13.6. The number of nitrogens with one attached hydrogen (secondary N) is 2. The SMILES string of the molecule is CCN(CC)c1ccc(/C=N\NC(=O)/C(=C/c2ccc(N(CC)CC)cc2)NC(=O)c2ccccc2Cl)cc1. The van der Waals surface area contributed by atoms with Gasteiger partial charge in [-0.1, -0.05) is 48.0 Å². The molecule has 0 aliphatic carbocycles. The fourth-order valence-electron chi connectivity index (χ4n) is 4.12. The van der Waals surface area contributed by atoms with Crippen LogP contribution in [0.5, 0.6) is 0 Å². The van der Waals surface area contributed by atoms with Gasteiger partial charge in [0.25, 0.3) is 11.8 Å². The molecule has 8 heteroatoms. The summed E-state index contributed by atoms with van der Waals surface area (Å²) in [5.74, 6) is -1.04. The Hall–Kier alpha value is -4.10. The van der Waals surface area contributed by atoms with E-state index >= 15 is 0 Å². The van der Waals surface area contributed by atoms with Crippen molar-refractivity contribution in [3.63, 3.8) is 0 Å². The molecule has 0 atom stereocenters. The molecule has 0 saturated heterocycles. The Labute approximate surface area is 236 Å². The summed E-state index contributed by atoms with van der Waals surface area (Å²) >= 11 is 6.21. The minimum atomic E-state index is -0.556. The van der Waals surface area contributed by atoms with Crippen LogP contribution >= 0.6 is 11.6 Å².